The fourth-order valence-corrected chi connectivity index (χ4v) is 2.50. The largest absolute Gasteiger partial charge is 0.380 e. The Kier molecular flexibility index (Phi) is 4.97. The van der Waals surface area contributed by atoms with E-state index >= 15 is 0 Å². The standard InChI is InChI=1S/C16H15BrFN3O2/c1-10-6-11(4-5-13(10)19-3)7-14(22)16(2,23)9-21-8-12(17)15(18)20-21/h4-6,8,23H,7,9H2,1-2H3/t16-/m0/s1. The number of aliphatic hydroxyl groups is 1. The fourth-order valence-electron chi connectivity index (χ4n) is 2.19. The Morgan fingerprint density at radius 2 is 2.26 bits per heavy atom. The van der Waals surface area contributed by atoms with E-state index in [1.54, 1.807) is 25.1 Å². The van der Waals surface area contributed by atoms with Gasteiger partial charge >= 0.3 is 0 Å². The molecule has 0 aliphatic carbocycles. The van der Waals surface area contributed by atoms with Crippen molar-refractivity contribution in [2.45, 2.75) is 32.4 Å². The van der Waals surface area contributed by atoms with Crippen molar-refractivity contribution in [1.82, 2.24) is 9.78 Å². The molecule has 0 saturated heterocycles. The number of hydrogen-bond acceptors (Lipinski definition) is 3. The summed E-state index contributed by atoms with van der Waals surface area (Å²) in [7, 11) is 0. The highest BCUT2D eigenvalue weighted by Crippen LogP contribution is 2.22. The summed E-state index contributed by atoms with van der Waals surface area (Å²) < 4.78 is 14.6. The molecule has 0 bridgehead atoms. The molecule has 0 aliphatic rings. The lowest BCUT2D eigenvalue weighted by Crippen LogP contribution is -2.41. The molecule has 2 rings (SSSR count). The van der Waals surface area contributed by atoms with Crippen molar-refractivity contribution >= 4 is 27.4 Å². The van der Waals surface area contributed by atoms with Gasteiger partial charge in [0.2, 0.25) is 5.95 Å². The lowest BCUT2D eigenvalue weighted by molar-refractivity contribution is -0.136. The summed E-state index contributed by atoms with van der Waals surface area (Å²) in [5.74, 6) is -1.10. The quantitative estimate of drug-likeness (QED) is 0.811. The second kappa shape index (κ2) is 6.60. The van der Waals surface area contributed by atoms with Gasteiger partial charge in [0.25, 0.3) is 0 Å². The number of Topliss-reactive ketones (excluding diaryl/α,β-unsaturated/α-hetero) is 1. The summed E-state index contributed by atoms with van der Waals surface area (Å²) in [5, 5.41) is 14.0. The third-order valence-electron chi connectivity index (χ3n) is 3.49. The van der Waals surface area contributed by atoms with Gasteiger partial charge in [0.1, 0.15) is 5.60 Å². The first-order chi connectivity index (χ1) is 10.7. The van der Waals surface area contributed by atoms with Crippen LogP contribution in [0.15, 0.2) is 28.9 Å². The molecule has 0 saturated carbocycles. The van der Waals surface area contributed by atoms with Crippen LogP contribution in [0.5, 0.6) is 0 Å². The molecule has 0 spiro atoms. The van der Waals surface area contributed by atoms with E-state index in [0.717, 1.165) is 5.56 Å². The molecule has 23 heavy (non-hydrogen) atoms. The molecule has 0 amide bonds. The summed E-state index contributed by atoms with van der Waals surface area (Å²) in [4.78, 5) is 15.7. The fraction of sp³-hybridized carbons (Fsp3) is 0.312. The molecule has 5 nitrogen and oxygen atoms in total. The predicted molar refractivity (Wildman–Crippen MR) is 86.7 cm³/mol. The van der Waals surface area contributed by atoms with Crippen LogP contribution in [-0.2, 0) is 17.8 Å². The monoisotopic (exact) mass is 379 g/mol. The highest BCUT2D eigenvalue weighted by molar-refractivity contribution is 9.10. The Balaban J connectivity index is 2.12. The van der Waals surface area contributed by atoms with Crippen molar-refractivity contribution in [1.29, 1.82) is 0 Å². The summed E-state index contributed by atoms with van der Waals surface area (Å²) in [6, 6.07) is 5.10. The van der Waals surface area contributed by atoms with E-state index in [1.165, 1.54) is 17.8 Å². The van der Waals surface area contributed by atoms with Crippen LogP contribution in [0.2, 0.25) is 0 Å². The van der Waals surface area contributed by atoms with E-state index in [2.05, 4.69) is 25.9 Å². The predicted octanol–water partition coefficient (Wildman–Crippen LogP) is 3.21. The number of benzene rings is 1. The van der Waals surface area contributed by atoms with Gasteiger partial charge in [-0.3, -0.25) is 9.48 Å². The van der Waals surface area contributed by atoms with E-state index in [9.17, 15) is 14.3 Å². The van der Waals surface area contributed by atoms with Gasteiger partial charge in [0.05, 0.1) is 17.6 Å². The molecule has 120 valence electrons. The van der Waals surface area contributed by atoms with Crippen LogP contribution in [-0.4, -0.2) is 26.3 Å². The van der Waals surface area contributed by atoms with E-state index in [1.807, 2.05) is 0 Å². The second-order valence-corrected chi connectivity index (χ2v) is 6.43. The summed E-state index contributed by atoms with van der Waals surface area (Å²) in [5.41, 5.74) is 0.352. The van der Waals surface area contributed by atoms with E-state index in [-0.39, 0.29) is 17.4 Å². The maximum atomic E-state index is 13.2. The van der Waals surface area contributed by atoms with E-state index in [0.29, 0.717) is 11.3 Å². The van der Waals surface area contributed by atoms with Gasteiger partial charge in [-0.15, -0.1) is 5.10 Å². The van der Waals surface area contributed by atoms with E-state index < -0.39 is 17.3 Å². The third kappa shape index (κ3) is 4.03. The highest BCUT2D eigenvalue weighted by atomic mass is 79.9. The molecule has 1 aromatic carbocycles. The first-order valence-corrected chi connectivity index (χ1v) is 7.63. The average molecular weight is 380 g/mol. The number of hydrogen-bond donors (Lipinski definition) is 1. The van der Waals surface area contributed by atoms with Crippen molar-refractivity contribution in [3.8, 4) is 0 Å². The maximum Gasteiger partial charge on any atom is 0.246 e. The van der Waals surface area contributed by atoms with Crippen LogP contribution in [0.3, 0.4) is 0 Å². The first kappa shape index (κ1) is 17.3. The Morgan fingerprint density at radius 3 is 2.78 bits per heavy atom. The molecular formula is C16H15BrFN3O2. The number of ketones is 1. The maximum absolute atomic E-state index is 13.2. The Morgan fingerprint density at radius 1 is 1.57 bits per heavy atom. The lowest BCUT2D eigenvalue weighted by Gasteiger charge is -2.21. The number of aromatic nitrogens is 2. The molecule has 0 radical (unpaired) electrons. The van der Waals surface area contributed by atoms with Gasteiger partial charge < -0.3 is 5.11 Å². The van der Waals surface area contributed by atoms with Crippen LogP contribution in [0.1, 0.15) is 18.1 Å². The van der Waals surface area contributed by atoms with Gasteiger partial charge in [-0.2, -0.15) is 4.39 Å². The zero-order chi connectivity index (χ0) is 17.2. The summed E-state index contributed by atoms with van der Waals surface area (Å²) >= 11 is 2.99. The Hall–Kier alpha value is -2.04. The van der Waals surface area contributed by atoms with Crippen molar-refractivity contribution in [3.05, 3.63) is 57.4 Å². The average Bonchev–Trinajstić information content (AvgIpc) is 2.76. The molecule has 7 heteroatoms. The topological polar surface area (TPSA) is 59.5 Å². The van der Waals surface area contributed by atoms with Crippen LogP contribution in [0.4, 0.5) is 10.1 Å². The highest BCUT2D eigenvalue weighted by Gasteiger charge is 2.31. The molecule has 1 atom stereocenters. The molecule has 2 aromatic rings. The zero-order valence-corrected chi connectivity index (χ0v) is 14.3. The van der Waals surface area contributed by atoms with Crippen molar-refractivity contribution in [3.63, 3.8) is 0 Å². The second-order valence-electron chi connectivity index (χ2n) is 5.57. The van der Waals surface area contributed by atoms with Crippen LogP contribution < -0.4 is 0 Å². The van der Waals surface area contributed by atoms with Crippen LogP contribution >= 0.6 is 15.9 Å². The van der Waals surface area contributed by atoms with Gasteiger partial charge in [-0.1, -0.05) is 18.2 Å². The molecule has 0 fully saturated rings. The van der Waals surface area contributed by atoms with E-state index in [4.69, 9.17) is 6.57 Å². The molecule has 0 unspecified atom stereocenters. The molecule has 1 aromatic heterocycles. The number of aryl methyl sites for hydroxylation is 1. The number of rotatable bonds is 5. The number of carbonyl (C=O) groups excluding carboxylic acids is 1. The van der Waals surface area contributed by atoms with Crippen molar-refractivity contribution in [2.24, 2.45) is 0 Å². The minimum Gasteiger partial charge on any atom is -0.380 e. The summed E-state index contributed by atoms with van der Waals surface area (Å²) in [6.45, 7) is 10.0. The van der Waals surface area contributed by atoms with Crippen LogP contribution in [0.25, 0.3) is 4.85 Å². The van der Waals surface area contributed by atoms with Crippen molar-refractivity contribution < 1.29 is 14.3 Å². The molecular weight excluding hydrogens is 365 g/mol. The zero-order valence-electron chi connectivity index (χ0n) is 12.7. The smallest absolute Gasteiger partial charge is 0.246 e. The summed E-state index contributed by atoms with van der Waals surface area (Å²) in [6.07, 6.45) is 1.39. The lowest BCUT2D eigenvalue weighted by atomic mass is 9.94. The van der Waals surface area contributed by atoms with Gasteiger partial charge in [0, 0.05) is 12.6 Å². The molecule has 0 aliphatic heterocycles. The number of nitrogens with zero attached hydrogens (tertiary/aromatic N) is 3. The normalized spacial score (nSPS) is 13.4. The van der Waals surface area contributed by atoms with Crippen molar-refractivity contribution in [2.75, 3.05) is 0 Å². The SMILES string of the molecule is [C-]#[N+]c1ccc(CC(=O)[C@@](C)(O)Cn2cc(Br)c(F)n2)cc1C. The van der Waals surface area contributed by atoms with Crippen LogP contribution in [0, 0.1) is 19.4 Å². The number of halogens is 2. The van der Waals surface area contributed by atoms with Gasteiger partial charge in [-0.05, 0) is 40.9 Å². The Labute approximate surface area is 141 Å². The van der Waals surface area contributed by atoms with Gasteiger partial charge in [-0.25, -0.2) is 4.85 Å². The number of carbonyl (C=O) groups is 1. The van der Waals surface area contributed by atoms with Gasteiger partial charge in [0.15, 0.2) is 11.5 Å². The first-order valence-electron chi connectivity index (χ1n) is 6.84. The molecule has 1 N–H and O–H groups in total. The minimum atomic E-state index is -1.68. The molecule has 1 heterocycles. The minimum absolute atomic E-state index is 0.0248. The third-order valence-corrected chi connectivity index (χ3v) is 4.02. The Bertz CT molecular complexity index is 774.